The highest BCUT2D eigenvalue weighted by molar-refractivity contribution is 5.91. The molecule has 26 heavy (non-hydrogen) atoms. The van der Waals surface area contributed by atoms with E-state index in [1.807, 2.05) is 0 Å². The summed E-state index contributed by atoms with van der Waals surface area (Å²) in [6, 6.07) is 10.3. The van der Waals surface area contributed by atoms with Crippen LogP contribution in [-0.2, 0) is 11.3 Å². The smallest absolute Gasteiger partial charge is 0.337 e. The SMILES string of the molecule is COC(=O)c1ccc(OCc2ccc(C(=O)NC3CCCCC3)o2)cc1. The topological polar surface area (TPSA) is 77.8 Å². The lowest BCUT2D eigenvalue weighted by atomic mass is 9.95. The Bertz CT molecular complexity index is 744. The van der Waals surface area contributed by atoms with Crippen LogP contribution in [0.1, 0.15) is 58.8 Å². The highest BCUT2D eigenvalue weighted by Gasteiger charge is 2.18. The van der Waals surface area contributed by atoms with Gasteiger partial charge in [-0.15, -0.1) is 0 Å². The normalized spacial score (nSPS) is 14.7. The van der Waals surface area contributed by atoms with Crippen LogP contribution in [0.5, 0.6) is 5.75 Å². The number of carbonyl (C=O) groups is 2. The van der Waals surface area contributed by atoms with Gasteiger partial charge in [0.2, 0.25) is 0 Å². The maximum Gasteiger partial charge on any atom is 0.337 e. The van der Waals surface area contributed by atoms with Crippen molar-refractivity contribution in [1.29, 1.82) is 0 Å². The van der Waals surface area contributed by atoms with Crippen molar-refractivity contribution in [2.24, 2.45) is 0 Å². The van der Waals surface area contributed by atoms with E-state index in [0.29, 0.717) is 22.8 Å². The number of esters is 1. The fourth-order valence-corrected chi connectivity index (χ4v) is 3.04. The Morgan fingerprint density at radius 2 is 1.81 bits per heavy atom. The van der Waals surface area contributed by atoms with Crippen LogP contribution in [-0.4, -0.2) is 25.0 Å². The minimum Gasteiger partial charge on any atom is -0.486 e. The van der Waals surface area contributed by atoms with Gasteiger partial charge in [-0.1, -0.05) is 19.3 Å². The maximum absolute atomic E-state index is 12.2. The van der Waals surface area contributed by atoms with E-state index in [-0.39, 0.29) is 18.6 Å². The molecule has 1 amide bonds. The minimum atomic E-state index is -0.392. The molecule has 0 aliphatic heterocycles. The average molecular weight is 357 g/mol. The van der Waals surface area contributed by atoms with Gasteiger partial charge in [0.25, 0.3) is 5.91 Å². The second-order valence-electron chi connectivity index (χ2n) is 6.38. The molecule has 1 aliphatic carbocycles. The van der Waals surface area contributed by atoms with Crippen LogP contribution in [0.3, 0.4) is 0 Å². The zero-order valence-electron chi connectivity index (χ0n) is 14.8. The quantitative estimate of drug-likeness (QED) is 0.798. The van der Waals surface area contributed by atoms with Gasteiger partial charge < -0.3 is 19.2 Å². The molecule has 0 saturated heterocycles. The Labute approximate surface area is 152 Å². The number of rotatable bonds is 6. The van der Waals surface area contributed by atoms with E-state index >= 15 is 0 Å². The van der Waals surface area contributed by atoms with Crippen LogP contribution < -0.4 is 10.1 Å². The fraction of sp³-hybridized carbons (Fsp3) is 0.400. The standard InChI is InChI=1S/C20H23NO5/c1-24-20(23)14-7-9-16(10-8-14)25-13-17-11-12-18(26-17)19(22)21-15-5-3-2-4-6-15/h7-12,15H,2-6,13H2,1H3,(H,21,22). The van der Waals surface area contributed by atoms with Crippen molar-refractivity contribution in [3.63, 3.8) is 0 Å². The average Bonchev–Trinajstić information content (AvgIpc) is 3.16. The van der Waals surface area contributed by atoms with E-state index in [4.69, 9.17) is 9.15 Å². The number of methoxy groups -OCH3 is 1. The molecule has 0 unspecified atom stereocenters. The molecule has 0 bridgehead atoms. The van der Waals surface area contributed by atoms with Gasteiger partial charge in [-0.3, -0.25) is 4.79 Å². The number of hydrogen-bond acceptors (Lipinski definition) is 5. The summed E-state index contributed by atoms with van der Waals surface area (Å²) in [7, 11) is 1.34. The largest absolute Gasteiger partial charge is 0.486 e. The molecular formula is C20H23NO5. The Kier molecular flexibility index (Phi) is 5.94. The zero-order valence-corrected chi connectivity index (χ0v) is 14.8. The molecule has 1 aliphatic rings. The summed E-state index contributed by atoms with van der Waals surface area (Å²) in [5, 5.41) is 3.03. The van der Waals surface area contributed by atoms with Gasteiger partial charge in [-0.2, -0.15) is 0 Å². The van der Waals surface area contributed by atoms with Gasteiger partial charge in [-0.05, 0) is 49.2 Å². The van der Waals surface area contributed by atoms with Crippen molar-refractivity contribution in [2.45, 2.75) is 44.8 Å². The third-order valence-corrected chi connectivity index (χ3v) is 4.48. The van der Waals surface area contributed by atoms with Crippen molar-refractivity contribution in [3.05, 3.63) is 53.5 Å². The predicted octanol–water partition coefficient (Wildman–Crippen LogP) is 3.71. The predicted molar refractivity (Wildman–Crippen MR) is 95.2 cm³/mol. The van der Waals surface area contributed by atoms with Crippen molar-refractivity contribution in [3.8, 4) is 5.75 Å². The number of amides is 1. The van der Waals surface area contributed by atoms with E-state index in [2.05, 4.69) is 10.1 Å². The Morgan fingerprint density at radius 1 is 1.08 bits per heavy atom. The Morgan fingerprint density at radius 3 is 2.50 bits per heavy atom. The molecule has 1 aromatic heterocycles. The molecule has 1 N–H and O–H groups in total. The van der Waals surface area contributed by atoms with Gasteiger partial charge in [0, 0.05) is 6.04 Å². The van der Waals surface area contributed by atoms with Gasteiger partial charge in [0.15, 0.2) is 5.76 Å². The molecule has 6 nitrogen and oxygen atoms in total. The second-order valence-corrected chi connectivity index (χ2v) is 6.38. The summed E-state index contributed by atoms with van der Waals surface area (Å²) in [4.78, 5) is 23.6. The molecule has 1 aromatic carbocycles. The lowest BCUT2D eigenvalue weighted by molar-refractivity contribution is 0.0600. The van der Waals surface area contributed by atoms with E-state index in [9.17, 15) is 9.59 Å². The lowest BCUT2D eigenvalue weighted by Gasteiger charge is -2.22. The van der Waals surface area contributed by atoms with Crippen LogP contribution in [0, 0.1) is 0 Å². The summed E-state index contributed by atoms with van der Waals surface area (Å²) < 4.78 is 15.9. The molecule has 1 saturated carbocycles. The third kappa shape index (κ3) is 4.65. The summed E-state index contributed by atoms with van der Waals surface area (Å²) >= 11 is 0. The molecule has 6 heteroatoms. The summed E-state index contributed by atoms with van der Waals surface area (Å²) in [5.41, 5.74) is 0.458. The van der Waals surface area contributed by atoms with Gasteiger partial charge >= 0.3 is 5.97 Å². The first-order valence-electron chi connectivity index (χ1n) is 8.86. The first kappa shape index (κ1) is 18.0. The minimum absolute atomic E-state index is 0.175. The molecule has 1 fully saturated rings. The Balaban J connectivity index is 1.51. The molecule has 0 atom stereocenters. The monoisotopic (exact) mass is 357 g/mol. The van der Waals surface area contributed by atoms with E-state index < -0.39 is 5.97 Å². The number of benzene rings is 1. The maximum atomic E-state index is 12.2. The molecule has 138 valence electrons. The van der Waals surface area contributed by atoms with E-state index in [0.717, 1.165) is 25.7 Å². The van der Waals surface area contributed by atoms with Gasteiger partial charge in [-0.25, -0.2) is 4.79 Å². The van der Waals surface area contributed by atoms with Crippen molar-refractivity contribution in [1.82, 2.24) is 5.32 Å². The zero-order chi connectivity index (χ0) is 18.4. The number of ether oxygens (including phenoxy) is 2. The molecule has 0 radical (unpaired) electrons. The summed E-state index contributed by atoms with van der Waals surface area (Å²) in [6.45, 7) is 0.203. The molecule has 3 rings (SSSR count). The molecule has 2 aromatic rings. The highest BCUT2D eigenvalue weighted by atomic mass is 16.5. The van der Waals surface area contributed by atoms with Crippen molar-refractivity contribution >= 4 is 11.9 Å². The molecule has 0 spiro atoms. The van der Waals surface area contributed by atoms with Crippen LogP contribution >= 0.6 is 0 Å². The lowest BCUT2D eigenvalue weighted by Crippen LogP contribution is -2.35. The first-order chi connectivity index (χ1) is 12.7. The second kappa shape index (κ2) is 8.56. The number of furan rings is 1. The number of nitrogens with one attached hydrogen (secondary N) is 1. The first-order valence-corrected chi connectivity index (χ1v) is 8.86. The fourth-order valence-electron chi connectivity index (χ4n) is 3.04. The van der Waals surface area contributed by atoms with Crippen molar-refractivity contribution < 1.29 is 23.5 Å². The van der Waals surface area contributed by atoms with Gasteiger partial charge in [0.1, 0.15) is 18.1 Å². The van der Waals surface area contributed by atoms with Crippen LogP contribution in [0.2, 0.25) is 0 Å². The number of carbonyl (C=O) groups excluding carboxylic acids is 2. The summed E-state index contributed by atoms with van der Waals surface area (Å²) in [5.74, 6) is 0.898. The Hall–Kier alpha value is -2.76. The third-order valence-electron chi connectivity index (χ3n) is 4.48. The molecular weight excluding hydrogens is 334 g/mol. The molecule has 1 heterocycles. The summed E-state index contributed by atoms with van der Waals surface area (Å²) in [6.07, 6.45) is 5.64. The van der Waals surface area contributed by atoms with Gasteiger partial charge in [0.05, 0.1) is 12.7 Å². The number of hydrogen-bond donors (Lipinski definition) is 1. The van der Waals surface area contributed by atoms with Crippen LogP contribution in [0.4, 0.5) is 0 Å². The van der Waals surface area contributed by atoms with Crippen molar-refractivity contribution in [2.75, 3.05) is 7.11 Å². The van der Waals surface area contributed by atoms with E-state index in [1.54, 1.807) is 36.4 Å². The van der Waals surface area contributed by atoms with E-state index in [1.165, 1.54) is 13.5 Å². The van der Waals surface area contributed by atoms with Crippen LogP contribution in [0.15, 0.2) is 40.8 Å². The van der Waals surface area contributed by atoms with Crippen LogP contribution in [0.25, 0.3) is 0 Å². The highest BCUT2D eigenvalue weighted by Crippen LogP contribution is 2.19.